The van der Waals surface area contributed by atoms with Gasteiger partial charge in [-0.15, -0.1) is 0 Å². The van der Waals surface area contributed by atoms with E-state index in [1.807, 2.05) is 0 Å². The van der Waals surface area contributed by atoms with Gasteiger partial charge >= 0.3 is 6.18 Å². The Morgan fingerprint density at radius 1 is 1.26 bits per heavy atom. The van der Waals surface area contributed by atoms with E-state index in [4.69, 9.17) is 0 Å². The van der Waals surface area contributed by atoms with Gasteiger partial charge in [-0.05, 0) is 24.6 Å². The second kappa shape index (κ2) is 6.02. The highest BCUT2D eigenvalue weighted by molar-refractivity contribution is 5.78. The molecule has 2 heterocycles. The number of likely N-dealkylation sites (tertiary alicyclic amines) is 1. The summed E-state index contributed by atoms with van der Waals surface area (Å²) in [4.78, 5) is 17.4. The molecule has 1 saturated heterocycles. The summed E-state index contributed by atoms with van der Waals surface area (Å²) >= 11 is 0. The van der Waals surface area contributed by atoms with Crippen molar-refractivity contribution in [3.63, 3.8) is 0 Å². The Labute approximate surface area is 130 Å². The first-order chi connectivity index (χ1) is 10.9. The maximum atomic E-state index is 12.8. The molecule has 0 spiro atoms. The Bertz CT molecular complexity index is 711. The Hall–Kier alpha value is -2.38. The van der Waals surface area contributed by atoms with Crippen LogP contribution in [0.5, 0.6) is 0 Å². The Balaban J connectivity index is 1.79. The topological polar surface area (TPSA) is 51.0 Å². The fourth-order valence-electron chi connectivity index (χ4n) is 2.64. The molecule has 2 aromatic rings. The van der Waals surface area contributed by atoms with Gasteiger partial charge in [-0.1, -0.05) is 6.07 Å². The number of benzene rings is 1. The van der Waals surface area contributed by atoms with Crippen LogP contribution in [0.3, 0.4) is 0 Å². The summed E-state index contributed by atoms with van der Waals surface area (Å²) in [6.07, 6.45) is -1.25. The molecule has 0 unspecified atom stereocenters. The standard InChI is InChI=1S/C15H15F3N4O/c16-15(17,18)11-3-1-4-12(9-11)22-13(19-10-20-22)6-8-21-7-2-5-14(21)23/h1,3-4,9-10H,2,5-8H2. The summed E-state index contributed by atoms with van der Waals surface area (Å²) in [6.45, 7) is 1.22. The minimum atomic E-state index is -4.40. The van der Waals surface area contributed by atoms with E-state index in [0.29, 0.717) is 30.9 Å². The number of hydrogen-bond acceptors (Lipinski definition) is 3. The molecule has 0 aliphatic carbocycles. The molecule has 23 heavy (non-hydrogen) atoms. The third-order valence-electron chi connectivity index (χ3n) is 3.81. The van der Waals surface area contributed by atoms with Crippen molar-refractivity contribution in [2.75, 3.05) is 13.1 Å². The zero-order chi connectivity index (χ0) is 16.4. The van der Waals surface area contributed by atoms with Gasteiger partial charge in [0.15, 0.2) is 0 Å². The first-order valence-corrected chi connectivity index (χ1v) is 7.29. The predicted octanol–water partition coefficient (Wildman–Crippen LogP) is 2.45. The van der Waals surface area contributed by atoms with E-state index in [-0.39, 0.29) is 5.91 Å². The number of hydrogen-bond donors (Lipinski definition) is 0. The molecule has 0 saturated carbocycles. The van der Waals surface area contributed by atoms with E-state index in [9.17, 15) is 18.0 Å². The van der Waals surface area contributed by atoms with E-state index < -0.39 is 11.7 Å². The van der Waals surface area contributed by atoms with Gasteiger partial charge in [0.25, 0.3) is 0 Å². The summed E-state index contributed by atoms with van der Waals surface area (Å²) in [5.41, 5.74) is -0.425. The number of amides is 1. The van der Waals surface area contributed by atoms with Crippen LogP contribution in [0.4, 0.5) is 13.2 Å². The summed E-state index contributed by atoms with van der Waals surface area (Å²) in [7, 11) is 0. The highest BCUT2D eigenvalue weighted by Crippen LogP contribution is 2.30. The first-order valence-electron chi connectivity index (χ1n) is 7.29. The molecule has 3 rings (SSSR count). The van der Waals surface area contributed by atoms with Crippen LogP contribution in [0, 0.1) is 0 Å². The van der Waals surface area contributed by atoms with Gasteiger partial charge in [-0.2, -0.15) is 18.3 Å². The molecule has 8 heteroatoms. The third kappa shape index (κ3) is 3.35. The van der Waals surface area contributed by atoms with E-state index in [2.05, 4.69) is 10.1 Å². The minimum absolute atomic E-state index is 0.107. The molecule has 122 valence electrons. The van der Waals surface area contributed by atoms with Crippen LogP contribution in [-0.4, -0.2) is 38.7 Å². The molecule has 1 aliphatic rings. The second-order valence-corrected chi connectivity index (χ2v) is 5.37. The lowest BCUT2D eigenvalue weighted by Gasteiger charge is -2.15. The van der Waals surface area contributed by atoms with Gasteiger partial charge < -0.3 is 4.90 Å². The first kappa shape index (κ1) is 15.5. The van der Waals surface area contributed by atoms with Crippen molar-refractivity contribution >= 4 is 5.91 Å². The van der Waals surface area contributed by atoms with Gasteiger partial charge in [0.1, 0.15) is 12.2 Å². The Morgan fingerprint density at radius 2 is 2.09 bits per heavy atom. The van der Waals surface area contributed by atoms with Crippen molar-refractivity contribution in [1.29, 1.82) is 0 Å². The maximum Gasteiger partial charge on any atom is 0.416 e. The molecule has 1 aromatic heterocycles. The van der Waals surface area contributed by atoms with Gasteiger partial charge in [0.05, 0.1) is 11.3 Å². The van der Waals surface area contributed by atoms with Crippen molar-refractivity contribution in [2.45, 2.75) is 25.4 Å². The van der Waals surface area contributed by atoms with Crippen molar-refractivity contribution in [2.24, 2.45) is 0 Å². The number of nitrogens with zero attached hydrogens (tertiary/aromatic N) is 4. The van der Waals surface area contributed by atoms with Crippen molar-refractivity contribution in [3.05, 3.63) is 42.0 Å². The van der Waals surface area contributed by atoms with E-state index >= 15 is 0 Å². The molecule has 1 amide bonds. The number of halogens is 3. The van der Waals surface area contributed by atoms with Gasteiger partial charge in [0.2, 0.25) is 5.91 Å². The second-order valence-electron chi connectivity index (χ2n) is 5.37. The Morgan fingerprint density at radius 3 is 2.78 bits per heavy atom. The van der Waals surface area contributed by atoms with E-state index in [1.54, 1.807) is 11.0 Å². The number of alkyl halides is 3. The van der Waals surface area contributed by atoms with E-state index in [0.717, 1.165) is 25.1 Å². The lowest BCUT2D eigenvalue weighted by molar-refractivity contribution is -0.137. The molecule has 0 N–H and O–H groups in total. The summed E-state index contributed by atoms with van der Waals surface area (Å²) in [5.74, 6) is 0.638. The lowest BCUT2D eigenvalue weighted by Crippen LogP contribution is -2.27. The average Bonchev–Trinajstić information content (AvgIpc) is 3.13. The monoisotopic (exact) mass is 324 g/mol. The highest BCUT2D eigenvalue weighted by Gasteiger charge is 2.30. The fraction of sp³-hybridized carbons (Fsp3) is 0.400. The fourth-order valence-corrected chi connectivity index (χ4v) is 2.64. The number of carbonyl (C=O) groups excluding carboxylic acids is 1. The van der Waals surface area contributed by atoms with Crippen molar-refractivity contribution in [3.8, 4) is 5.69 Å². The van der Waals surface area contributed by atoms with Gasteiger partial charge in [0, 0.05) is 25.9 Å². The van der Waals surface area contributed by atoms with Gasteiger partial charge in [-0.3, -0.25) is 4.79 Å². The van der Waals surface area contributed by atoms with Gasteiger partial charge in [-0.25, -0.2) is 9.67 Å². The molecular weight excluding hydrogens is 309 g/mol. The van der Waals surface area contributed by atoms with Crippen molar-refractivity contribution in [1.82, 2.24) is 19.7 Å². The Kier molecular flexibility index (Phi) is 4.06. The van der Waals surface area contributed by atoms with Crippen LogP contribution in [0.2, 0.25) is 0 Å². The molecule has 0 atom stereocenters. The molecule has 0 bridgehead atoms. The minimum Gasteiger partial charge on any atom is -0.342 e. The molecular formula is C15H15F3N4O. The van der Waals surface area contributed by atoms with Crippen LogP contribution in [-0.2, 0) is 17.4 Å². The summed E-state index contributed by atoms with van der Waals surface area (Å²) in [5, 5.41) is 4.01. The number of aromatic nitrogens is 3. The molecule has 1 aliphatic heterocycles. The summed E-state index contributed by atoms with van der Waals surface area (Å²) < 4.78 is 39.8. The highest BCUT2D eigenvalue weighted by atomic mass is 19.4. The number of rotatable bonds is 4. The quantitative estimate of drug-likeness (QED) is 0.868. The molecule has 5 nitrogen and oxygen atoms in total. The van der Waals surface area contributed by atoms with Crippen LogP contribution in [0.15, 0.2) is 30.6 Å². The zero-order valence-electron chi connectivity index (χ0n) is 12.3. The lowest BCUT2D eigenvalue weighted by atomic mass is 10.2. The maximum absolute atomic E-state index is 12.8. The third-order valence-corrected chi connectivity index (χ3v) is 3.81. The molecule has 1 fully saturated rings. The SMILES string of the molecule is O=C1CCCN1CCc1ncnn1-c1cccc(C(F)(F)F)c1. The van der Waals surface area contributed by atoms with Crippen LogP contribution in [0.25, 0.3) is 5.69 Å². The predicted molar refractivity (Wildman–Crippen MR) is 75.9 cm³/mol. The molecule has 1 aromatic carbocycles. The zero-order valence-corrected chi connectivity index (χ0v) is 12.3. The van der Waals surface area contributed by atoms with Crippen molar-refractivity contribution < 1.29 is 18.0 Å². The average molecular weight is 324 g/mol. The summed E-state index contributed by atoms with van der Waals surface area (Å²) in [6, 6.07) is 4.95. The smallest absolute Gasteiger partial charge is 0.342 e. The normalized spacial score (nSPS) is 15.4. The van der Waals surface area contributed by atoms with E-state index in [1.165, 1.54) is 17.1 Å². The molecule has 0 radical (unpaired) electrons. The largest absolute Gasteiger partial charge is 0.416 e. The van der Waals surface area contributed by atoms with Crippen LogP contribution >= 0.6 is 0 Å². The van der Waals surface area contributed by atoms with Crippen LogP contribution in [0.1, 0.15) is 24.2 Å². The number of carbonyl (C=O) groups is 1. The van der Waals surface area contributed by atoms with Crippen LogP contribution < -0.4 is 0 Å².